The largest absolute Gasteiger partial charge is 0.281 e. The Hall–Kier alpha value is -0.430. The molecule has 0 atom stereocenters. The molecule has 4 heteroatoms. The lowest BCUT2D eigenvalue weighted by molar-refractivity contribution is -0.117. The van der Waals surface area contributed by atoms with E-state index in [0.29, 0.717) is 0 Å². The maximum atomic E-state index is 9.73. The van der Waals surface area contributed by atoms with E-state index in [2.05, 4.69) is 0 Å². The number of rotatable bonds is 1. The van der Waals surface area contributed by atoms with E-state index >= 15 is 0 Å². The average Bonchev–Trinajstić information content (AvgIpc) is 1.35. The van der Waals surface area contributed by atoms with Gasteiger partial charge in [0, 0.05) is 6.92 Å². The Morgan fingerprint density at radius 1 is 1.83 bits per heavy atom. The fourth-order valence-electron chi connectivity index (χ4n) is 0.0643. The van der Waals surface area contributed by atoms with Crippen LogP contribution in [0.5, 0.6) is 0 Å². The third-order valence-corrected chi connectivity index (χ3v) is 0.609. The van der Waals surface area contributed by atoms with Crippen LogP contribution in [-0.2, 0) is 9.36 Å². The number of hydrogen-bond donors (Lipinski definition) is 1. The number of carbonyl (C=O) groups excluding carboxylic acids is 1. The molecular weight excluding hydrogens is 101 g/mol. The molecule has 3 nitrogen and oxygen atoms in total. The van der Waals surface area contributed by atoms with Gasteiger partial charge in [0.15, 0.2) is 0 Å². The van der Waals surface area contributed by atoms with E-state index in [4.69, 9.17) is 0 Å². The SMILES string of the molecule is CC(=O)NP=O. The number of amides is 1. The second-order valence-corrected chi connectivity index (χ2v) is 1.17. The quantitative estimate of drug-likeness (QED) is 0.488. The van der Waals surface area contributed by atoms with E-state index in [1.807, 2.05) is 5.09 Å². The minimum atomic E-state index is -0.326. The summed E-state index contributed by atoms with van der Waals surface area (Å²) in [6.45, 7) is 1.30. The van der Waals surface area contributed by atoms with Crippen molar-refractivity contribution < 1.29 is 9.36 Å². The topological polar surface area (TPSA) is 46.2 Å². The van der Waals surface area contributed by atoms with E-state index in [1.165, 1.54) is 6.92 Å². The molecule has 0 radical (unpaired) electrons. The molecule has 0 aromatic heterocycles. The molecule has 0 aliphatic carbocycles. The summed E-state index contributed by atoms with van der Waals surface area (Å²) in [5, 5.41) is 1.99. The van der Waals surface area contributed by atoms with E-state index in [-0.39, 0.29) is 14.5 Å². The highest BCUT2D eigenvalue weighted by atomic mass is 31.1. The van der Waals surface area contributed by atoms with Crippen LogP contribution in [0.1, 0.15) is 6.92 Å². The van der Waals surface area contributed by atoms with Gasteiger partial charge in [0.05, 0.1) is 0 Å². The highest BCUT2D eigenvalue weighted by molar-refractivity contribution is 7.22. The third kappa shape index (κ3) is 3.57. The summed E-state index contributed by atoms with van der Waals surface area (Å²) in [5.74, 6) is -0.285. The lowest BCUT2D eigenvalue weighted by Gasteiger charge is -1.77. The molecule has 0 aromatic carbocycles. The summed E-state index contributed by atoms with van der Waals surface area (Å²) in [6.07, 6.45) is 0. The van der Waals surface area contributed by atoms with Crippen LogP contribution in [0.15, 0.2) is 0 Å². The Balaban J connectivity index is 3.05. The summed E-state index contributed by atoms with van der Waals surface area (Å²) >= 11 is 0. The van der Waals surface area contributed by atoms with Crippen molar-refractivity contribution in [3.63, 3.8) is 0 Å². The molecule has 6 heavy (non-hydrogen) atoms. The smallest absolute Gasteiger partial charge is 0.275 e. The van der Waals surface area contributed by atoms with Gasteiger partial charge in [-0.05, 0) is 0 Å². The highest BCUT2D eigenvalue weighted by Crippen LogP contribution is 1.76. The zero-order chi connectivity index (χ0) is 4.99. The first-order valence-corrected chi connectivity index (χ1v) is 2.17. The first-order valence-electron chi connectivity index (χ1n) is 1.36. The number of carbonyl (C=O) groups is 1. The van der Waals surface area contributed by atoms with Crippen molar-refractivity contribution in [1.29, 1.82) is 0 Å². The van der Waals surface area contributed by atoms with Crippen molar-refractivity contribution in [2.45, 2.75) is 6.92 Å². The third-order valence-electron chi connectivity index (χ3n) is 0.203. The first-order chi connectivity index (χ1) is 2.77. The monoisotopic (exact) mass is 105 g/mol. The zero-order valence-corrected chi connectivity index (χ0v) is 4.16. The van der Waals surface area contributed by atoms with Gasteiger partial charge >= 0.3 is 0 Å². The molecule has 0 spiro atoms. The summed E-state index contributed by atoms with van der Waals surface area (Å²) in [5.41, 5.74) is 0. The maximum absolute atomic E-state index is 9.73. The molecule has 0 fully saturated rings. The van der Waals surface area contributed by atoms with Crippen molar-refractivity contribution in [3.8, 4) is 0 Å². The van der Waals surface area contributed by atoms with Crippen molar-refractivity contribution in [2.75, 3.05) is 0 Å². The van der Waals surface area contributed by atoms with Gasteiger partial charge in [0.1, 0.15) is 0 Å². The van der Waals surface area contributed by atoms with Crippen LogP contribution in [0.3, 0.4) is 0 Å². The summed E-state index contributed by atoms with van der Waals surface area (Å²) < 4.78 is 9.38. The molecule has 0 rings (SSSR count). The number of nitrogens with one attached hydrogen (secondary N) is 1. The molecule has 34 valence electrons. The van der Waals surface area contributed by atoms with Gasteiger partial charge in [-0.2, -0.15) is 0 Å². The van der Waals surface area contributed by atoms with E-state index < -0.39 is 0 Å². The minimum absolute atomic E-state index is 0.285. The normalized spacial score (nSPS) is 8.17. The summed E-state index contributed by atoms with van der Waals surface area (Å²) in [7, 11) is -0.326. The van der Waals surface area contributed by atoms with Crippen molar-refractivity contribution in [1.82, 2.24) is 5.09 Å². The van der Waals surface area contributed by atoms with Gasteiger partial charge in [-0.1, -0.05) is 0 Å². The van der Waals surface area contributed by atoms with Crippen molar-refractivity contribution >= 4 is 14.5 Å². The van der Waals surface area contributed by atoms with Crippen LogP contribution in [0.4, 0.5) is 0 Å². The standard InChI is InChI=1S/C2H4NO2P/c1-2(4)3-6-5/h1H3,(H,3,4,5). The molecule has 0 heterocycles. The van der Waals surface area contributed by atoms with Gasteiger partial charge in [-0.15, -0.1) is 0 Å². The molecule has 1 amide bonds. The van der Waals surface area contributed by atoms with Gasteiger partial charge in [-0.25, -0.2) is 4.57 Å². The molecule has 0 aliphatic rings. The predicted octanol–water partition coefficient (Wildman–Crippen LogP) is 0.329. The lowest BCUT2D eigenvalue weighted by atomic mass is 10.8. The molecule has 0 unspecified atom stereocenters. The average molecular weight is 105 g/mol. The van der Waals surface area contributed by atoms with Crippen LogP contribution >= 0.6 is 8.61 Å². The Labute approximate surface area is 37.0 Å². The van der Waals surface area contributed by atoms with Crippen molar-refractivity contribution in [2.24, 2.45) is 0 Å². The van der Waals surface area contributed by atoms with Crippen LogP contribution in [0.2, 0.25) is 0 Å². The zero-order valence-electron chi connectivity index (χ0n) is 3.26. The molecule has 0 saturated heterocycles. The van der Waals surface area contributed by atoms with Crippen LogP contribution in [0.25, 0.3) is 0 Å². The van der Waals surface area contributed by atoms with Gasteiger partial charge in [0.25, 0.3) is 8.61 Å². The molecule has 0 aromatic rings. The van der Waals surface area contributed by atoms with E-state index in [0.717, 1.165) is 0 Å². The highest BCUT2D eigenvalue weighted by Gasteiger charge is 1.80. The molecule has 0 saturated carbocycles. The van der Waals surface area contributed by atoms with Crippen LogP contribution in [0, 0.1) is 0 Å². The van der Waals surface area contributed by atoms with Gasteiger partial charge < -0.3 is 0 Å². The first kappa shape index (κ1) is 5.57. The summed E-state index contributed by atoms with van der Waals surface area (Å²) in [4.78, 5) is 9.73. The fraction of sp³-hybridized carbons (Fsp3) is 0.500. The van der Waals surface area contributed by atoms with E-state index in [1.54, 1.807) is 0 Å². The van der Waals surface area contributed by atoms with E-state index in [9.17, 15) is 9.36 Å². The maximum Gasteiger partial charge on any atom is 0.281 e. The molecular formula is C2H4NO2P. The van der Waals surface area contributed by atoms with Crippen molar-refractivity contribution in [3.05, 3.63) is 0 Å². The Morgan fingerprint density at radius 2 is 2.33 bits per heavy atom. The number of hydrogen-bond acceptors (Lipinski definition) is 2. The molecule has 0 bridgehead atoms. The molecule has 0 aliphatic heterocycles. The summed E-state index contributed by atoms with van der Waals surface area (Å²) in [6, 6.07) is 0. The second-order valence-electron chi connectivity index (χ2n) is 0.759. The van der Waals surface area contributed by atoms with Gasteiger partial charge in [-0.3, -0.25) is 9.88 Å². The van der Waals surface area contributed by atoms with Gasteiger partial charge in [0.2, 0.25) is 5.91 Å². The Morgan fingerprint density at radius 3 is 2.33 bits per heavy atom. The Kier molecular flexibility index (Phi) is 2.59. The van der Waals surface area contributed by atoms with Crippen LogP contribution in [-0.4, -0.2) is 5.91 Å². The Bertz CT molecular complexity index is 71.9. The fourth-order valence-corrected chi connectivity index (χ4v) is 0.193. The predicted molar refractivity (Wildman–Crippen MR) is 21.4 cm³/mol. The second kappa shape index (κ2) is 2.79. The molecule has 1 N–H and O–H groups in total. The lowest BCUT2D eigenvalue weighted by Crippen LogP contribution is -2.04. The minimum Gasteiger partial charge on any atom is -0.275 e. The van der Waals surface area contributed by atoms with Crippen LogP contribution < -0.4 is 5.09 Å².